The standard InChI is InChI=1S/C8H12N2O2/c1-4-8(3,5-2)12-7(11)6-10-9/h4,6H,1,5H2,2-3H3/t8-/m0/s1. The van der Waals surface area contributed by atoms with Crippen LogP contribution in [-0.2, 0) is 9.53 Å². The highest BCUT2D eigenvalue weighted by atomic mass is 16.6. The van der Waals surface area contributed by atoms with Crippen LogP contribution in [0.25, 0.3) is 5.53 Å². The van der Waals surface area contributed by atoms with E-state index in [9.17, 15) is 4.79 Å². The van der Waals surface area contributed by atoms with Gasteiger partial charge in [-0.05, 0) is 19.4 Å². The zero-order valence-electron chi connectivity index (χ0n) is 7.28. The fourth-order valence-electron chi connectivity index (χ4n) is 0.561. The maximum Gasteiger partial charge on any atom is 0.414 e. The Balaban J connectivity index is 4.30. The van der Waals surface area contributed by atoms with Gasteiger partial charge in [-0.2, -0.15) is 4.79 Å². The van der Waals surface area contributed by atoms with Crippen LogP contribution in [0.4, 0.5) is 0 Å². The van der Waals surface area contributed by atoms with Crippen molar-refractivity contribution in [3.05, 3.63) is 18.2 Å². The molecule has 0 unspecified atom stereocenters. The molecule has 0 bridgehead atoms. The van der Waals surface area contributed by atoms with Crippen LogP contribution < -0.4 is 0 Å². The number of esters is 1. The van der Waals surface area contributed by atoms with Gasteiger partial charge >= 0.3 is 12.2 Å². The molecular weight excluding hydrogens is 156 g/mol. The molecule has 0 aromatic heterocycles. The lowest BCUT2D eigenvalue weighted by atomic mass is 10.0. The summed E-state index contributed by atoms with van der Waals surface area (Å²) >= 11 is 0. The molecule has 0 aliphatic carbocycles. The van der Waals surface area contributed by atoms with Crippen molar-refractivity contribution in [2.45, 2.75) is 25.9 Å². The number of ether oxygens (including phenoxy) is 1. The molecule has 0 fully saturated rings. The highest BCUT2D eigenvalue weighted by molar-refractivity contribution is 6.20. The molecule has 4 nitrogen and oxygen atoms in total. The largest absolute Gasteiger partial charge is 0.447 e. The average Bonchev–Trinajstić information content (AvgIpc) is 2.05. The second kappa shape index (κ2) is 4.46. The van der Waals surface area contributed by atoms with Crippen molar-refractivity contribution in [1.82, 2.24) is 0 Å². The lowest BCUT2D eigenvalue weighted by Crippen LogP contribution is -2.28. The van der Waals surface area contributed by atoms with Crippen molar-refractivity contribution in [2.75, 3.05) is 0 Å². The Morgan fingerprint density at radius 1 is 1.83 bits per heavy atom. The van der Waals surface area contributed by atoms with E-state index in [0.717, 1.165) is 0 Å². The summed E-state index contributed by atoms with van der Waals surface area (Å²) in [6.07, 6.45) is 2.87. The summed E-state index contributed by atoms with van der Waals surface area (Å²) in [5, 5.41) is 0. The average molecular weight is 168 g/mol. The summed E-state index contributed by atoms with van der Waals surface area (Å²) in [6, 6.07) is 0. The van der Waals surface area contributed by atoms with Crippen LogP contribution in [0.2, 0.25) is 0 Å². The van der Waals surface area contributed by atoms with E-state index in [0.29, 0.717) is 12.6 Å². The molecule has 0 saturated heterocycles. The predicted octanol–water partition coefficient (Wildman–Crippen LogP) is 1.18. The summed E-state index contributed by atoms with van der Waals surface area (Å²) in [4.78, 5) is 13.4. The lowest BCUT2D eigenvalue weighted by molar-refractivity contribution is -0.148. The van der Waals surface area contributed by atoms with Gasteiger partial charge in [0.1, 0.15) is 5.60 Å². The van der Waals surface area contributed by atoms with Crippen molar-refractivity contribution in [3.63, 3.8) is 0 Å². The Morgan fingerprint density at radius 3 is 2.75 bits per heavy atom. The summed E-state index contributed by atoms with van der Waals surface area (Å²) in [5.41, 5.74) is 7.34. The third-order valence-electron chi connectivity index (χ3n) is 1.63. The molecule has 0 aliphatic heterocycles. The molecule has 0 N–H and O–H groups in total. The van der Waals surface area contributed by atoms with E-state index in [2.05, 4.69) is 11.4 Å². The smallest absolute Gasteiger partial charge is 0.414 e. The van der Waals surface area contributed by atoms with E-state index in [4.69, 9.17) is 10.3 Å². The molecule has 66 valence electrons. The van der Waals surface area contributed by atoms with E-state index >= 15 is 0 Å². The van der Waals surface area contributed by atoms with Gasteiger partial charge in [0.25, 0.3) is 0 Å². The highest BCUT2D eigenvalue weighted by Gasteiger charge is 2.23. The van der Waals surface area contributed by atoms with E-state index in [1.165, 1.54) is 6.08 Å². The summed E-state index contributed by atoms with van der Waals surface area (Å²) < 4.78 is 4.91. The minimum Gasteiger partial charge on any atom is -0.447 e. The number of nitrogens with zero attached hydrogens (tertiary/aromatic N) is 2. The van der Waals surface area contributed by atoms with Crippen LogP contribution >= 0.6 is 0 Å². The van der Waals surface area contributed by atoms with E-state index < -0.39 is 11.6 Å². The van der Waals surface area contributed by atoms with Gasteiger partial charge in [0.2, 0.25) is 0 Å². The van der Waals surface area contributed by atoms with E-state index in [1.807, 2.05) is 6.92 Å². The lowest BCUT2D eigenvalue weighted by Gasteiger charge is -2.22. The monoisotopic (exact) mass is 168 g/mol. The Kier molecular flexibility index (Phi) is 3.94. The van der Waals surface area contributed by atoms with Crippen molar-refractivity contribution in [3.8, 4) is 0 Å². The maximum absolute atomic E-state index is 10.8. The molecule has 0 saturated carbocycles. The molecular formula is C8H12N2O2. The van der Waals surface area contributed by atoms with Gasteiger partial charge in [0, 0.05) is 0 Å². The molecule has 1 atom stereocenters. The van der Waals surface area contributed by atoms with Crippen LogP contribution in [0.15, 0.2) is 12.7 Å². The van der Waals surface area contributed by atoms with E-state index in [-0.39, 0.29) is 0 Å². The van der Waals surface area contributed by atoms with Gasteiger partial charge in [-0.15, -0.1) is 0 Å². The summed E-state index contributed by atoms with van der Waals surface area (Å²) in [7, 11) is 0. The molecule has 0 rings (SSSR count). The van der Waals surface area contributed by atoms with Crippen molar-refractivity contribution >= 4 is 12.2 Å². The molecule has 12 heavy (non-hydrogen) atoms. The van der Waals surface area contributed by atoms with Crippen molar-refractivity contribution in [2.24, 2.45) is 0 Å². The minimum absolute atomic E-state index is 0.626. The Morgan fingerprint density at radius 2 is 2.42 bits per heavy atom. The van der Waals surface area contributed by atoms with Crippen LogP contribution in [0.1, 0.15) is 20.3 Å². The molecule has 4 heteroatoms. The zero-order valence-corrected chi connectivity index (χ0v) is 7.28. The molecule has 0 amide bonds. The third kappa shape index (κ3) is 3.12. The van der Waals surface area contributed by atoms with E-state index in [1.54, 1.807) is 6.92 Å². The topological polar surface area (TPSA) is 62.7 Å². The van der Waals surface area contributed by atoms with Crippen LogP contribution in [0, 0.1) is 0 Å². The second-order valence-corrected chi connectivity index (χ2v) is 2.54. The minimum atomic E-state index is -0.682. The maximum atomic E-state index is 10.8. The Hall–Kier alpha value is -1.41. The Labute approximate surface area is 71.5 Å². The van der Waals surface area contributed by atoms with Gasteiger partial charge in [-0.3, -0.25) is 0 Å². The predicted molar refractivity (Wildman–Crippen MR) is 44.7 cm³/mol. The fraction of sp³-hybridized carbons (Fsp3) is 0.500. The fourth-order valence-corrected chi connectivity index (χ4v) is 0.561. The number of rotatable bonds is 4. The van der Waals surface area contributed by atoms with Crippen LogP contribution in [0.5, 0.6) is 0 Å². The summed E-state index contributed by atoms with van der Waals surface area (Å²) in [6.45, 7) is 7.12. The quantitative estimate of drug-likeness (QED) is 0.208. The number of hydrogen-bond donors (Lipinski definition) is 0. The SMILES string of the molecule is C=C[C@@](C)(CC)OC(=O)C=[N+]=[N-]. The molecule has 0 spiro atoms. The first kappa shape index (κ1) is 10.6. The Bertz CT molecular complexity index is 231. The van der Waals surface area contributed by atoms with Gasteiger partial charge in [-0.25, -0.2) is 4.79 Å². The third-order valence-corrected chi connectivity index (χ3v) is 1.63. The molecule has 0 aliphatic rings. The summed E-state index contributed by atoms with van der Waals surface area (Å²) in [5.74, 6) is -0.679. The molecule has 0 radical (unpaired) electrons. The first-order valence-electron chi connectivity index (χ1n) is 3.62. The van der Waals surface area contributed by atoms with Gasteiger partial charge in [-0.1, -0.05) is 13.5 Å². The second-order valence-electron chi connectivity index (χ2n) is 2.54. The molecule has 0 aromatic carbocycles. The zero-order chi connectivity index (χ0) is 9.61. The number of carbonyl (C=O) groups excluding carboxylic acids is 1. The van der Waals surface area contributed by atoms with Gasteiger partial charge in [0.15, 0.2) is 0 Å². The molecule has 0 aromatic rings. The van der Waals surface area contributed by atoms with Crippen molar-refractivity contribution in [1.29, 1.82) is 0 Å². The first-order valence-corrected chi connectivity index (χ1v) is 3.62. The van der Waals surface area contributed by atoms with Crippen molar-refractivity contribution < 1.29 is 14.3 Å². The van der Waals surface area contributed by atoms with Gasteiger partial charge in [0.05, 0.1) is 0 Å². The molecule has 0 heterocycles. The number of carbonyl (C=O) groups is 1. The number of hydrogen-bond acceptors (Lipinski definition) is 2. The normalized spacial score (nSPS) is 13.8. The van der Waals surface area contributed by atoms with Gasteiger partial charge < -0.3 is 10.3 Å². The first-order chi connectivity index (χ1) is 5.58. The highest BCUT2D eigenvalue weighted by Crippen LogP contribution is 2.15. The van der Waals surface area contributed by atoms with Crippen LogP contribution in [-0.4, -0.2) is 22.6 Å². The van der Waals surface area contributed by atoms with Crippen LogP contribution in [0.3, 0.4) is 0 Å².